The minimum absolute atomic E-state index is 0.0590. The summed E-state index contributed by atoms with van der Waals surface area (Å²) in [5.41, 5.74) is 9.42. The molecule has 1 aliphatic carbocycles. The van der Waals surface area contributed by atoms with E-state index in [1.165, 1.54) is 12.8 Å². The number of hydrogen-bond donors (Lipinski definition) is 1. The lowest BCUT2D eigenvalue weighted by Crippen LogP contribution is -2.45. The smallest absolute Gasteiger partial charge is 0.146 e. The molecule has 6 rings (SSSR count). The van der Waals surface area contributed by atoms with Crippen molar-refractivity contribution in [2.24, 2.45) is 0 Å². The van der Waals surface area contributed by atoms with Crippen LogP contribution in [0, 0.1) is 0 Å². The highest BCUT2D eigenvalue weighted by Gasteiger charge is 2.32. The van der Waals surface area contributed by atoms with Crippen LogP contribution in [0.3, 0.4) is 0 Å². The number of ether oxygens (including phenoxy) is 3. The molecular weight excluding hydrogens is 466 g/mol. The maximum Gasteiger partial charge on any atom is 0.146 e. The molecule has 0 radical (unpaired) electrons. The molecule has 2 N–H and O–H groups in total. The van der Waals surface area contributed by atoms with E-state index in [-0.39, 0.29) is 11.7 Å². The van der Waals surface area contributed by atoms with Crippen molar-refractivity contribution in [3.05, 3.63) is 36.8 Å². The fourth-order valence-electron chi connectivity index (χ4n) is 6.39. The van der Waals surface area contributed by atoms with Gasteiger partial charge in [0.25, 0.3) is 0 Å². The summed E-state index contributed by atoms with van der Waals surface area (Å²) in [6.45, 7) is 8.67. The van der Waals surface area contributed by atoms with Gasteiger partial charge in [-0.25, -0.2) is 9.97 Å². The highest BCUT2D eigenvalue weighted by atomic mass is 16.6. The van der Waals surface area contributed by atoms with Gasteiger partial charge in [0.1, 0.15) is 30.1 Å². The normalized spacial score (nSPS) is 26.5. The van der Waals surface area contributed by atoms with Gasteiger partial charge in [-0.1, -0.05) is 12.1 Å². The third-order valence-electron chi connectivity index (χ3n) is 8.40. The molecule has 8 nitrogen and oxygen atoms in total. The van der Waals surface area contributed by atoms with Crippen molar-refractivity contribution in [1.29, 1.82) is 0 Å². The molecular formula is C29H39N5O3. The molecule has 1 atom stereocenters. The van der Waals surface area contributed by atoms with Gasteiger partial charge in [0.2, 0.25) is 0 Å². The summed E-state index contributed by atoms with van der Waals surface area (Å²) in [4.78, 5) is 11.6. The van der Waals surface area contributed by atoms with Crippen molar-refractivity contribution in [2.75, 3.05) is 38.6 Å². The van der Waals surface area contributed by atoms with Crippen LogP contribution in [-0.4, -0.2) is 70.1 Å². The summed E-state index contributed by atoms with van der Waals surface area (Å²) < 4.78 is 20.2. The van der Waals surface area contributed by atoms with Crippen LogP contribution in [0.15, 0.2) is 36.8 Å². The molecule has 0 bridgehead atoms. The van der Waals surface area contributed by atoms with E-state index in [0.717, 1.165) is 79.9 Å². The summed E-state index contributed by atoms with van der Waals surface area (Å²) in [5.74, 6) is 1.36. The summed E-state index contributed by atoms with van der Waals surface area (Å²) in [7, 11) is 0. The number of hydrogen-bond acceptors (Lipinski definition) is 7. The van der Waals surface area contributed by atoms with Gasteiger partial charge in [0.05, 0.1) is 30.3 Å². The van der Waals surface area contributed by atoms with Gasteiger partial charge in [-0.05, 0) is 70.1 Å². The predicted octanol–water partition coefficient (Wildman–Crippen LogP) is 4.83. The lowest BCUT2D eigenvalue weighted by Gasteiger charge is -2.39. The first-order valence-corrected chi connectivity index (χ1v) is 13.8. The zero-order valence-corrected chi connectivity index (χ0v) is 22.1. The average molecular weight is 506 g/mol. The van der Waals surface area contributed by atoms with Crippen molar-refractivity contribution in [3.8, 4) is 16.9 Å². The summed E-state index contributed by atoms with van der Waals surface area (Å²) in [5, 5.41) is 0.927. The van der Waals surface area contributed by atoms with Crippen molar-refractivity contribution in [3.63, 3.8) is 0 Å². The molecule has 3 aromatic rings. The van der Waals surface area contributed by atoms with E-state index in [2.05, 4.69) is 46.6 Å². The number of morpholine rings is 1. The predicted molar refractivity (Wildman–Crippen MR) is 145 cm³/mol. The SMILES string of the molecule is CC1(C)CCC(COc2cccc(-c3cn([C@H]4CC[C@H](N5CCOCC5)CC4)c4ncnc(N)c34)c2)O1. The maximum atomic E-state index is 6.43. The topological polar surface area (TPSA) is 87.7 Å². The fraction of sp³-hybridized carbons (Fsp3) is 0.586. The van der Waals surface area contributed by atoms with Crippen LogP contribution in [0.2, 0.25) is 0 Å². The number of anilines is 1. The van der Waals surface area contributed by atoms with Gasteiger partial charge in [0, 0.05) is 36.9 Å². The third kappa shape index (κ3) is 5.19. The molecule has 2 aliphatic heterocycles. The summed E-state index contributed by atoms with van der Waals surface area (Å²) >= 11 is 0. The highest BCUT2D eigenvalue weighted by molar-refractivity contribution is 6.00. The molecule has 4 heterocycles. The van der Waals surface area contributed by atoms with Gasteiger partial charge in [0.15, 0.2) is 0 Å². The van der Waals surface area contributed by atoms with E-state index >= 15 is 0 Å². The number of nitrogens with zero attached hydrogens (tertiary/aromatic N) is 4. The van der Waals surface area contributed by atoms with Crippen LogP contribution in [0.5, 0.6) is 5.75 Å². The first-order chi connectivity index (χ1) is 18.0. The lowest BCUT2D eigenvalue weighted by molar-refractivity contribution is -0.0326. The first-order valence-electron chi connectivity index (χ1n) is 13.8. The van der Waals surface area contributed by atoms with Gasteiger partial charge >= 0.3 is 0 Å². The van der Waals surface area contributed by atoms with E-state index in [1.807, 2.05) is 12.1 Å². The van der Waals surface area contributed by atoms with E-state index in [0.29, 0.717) is 24.5 Å². The number of aromatic nitrogens is 3. The van der Waals surface area contributed by atoms with Crippen molar-refractivity contribution in [2.45, 2.75) is 76.2 Å². The standard InChI is InChI=1S/C29H39N5O3/c1-29(2)11-10-24(37-29)18-36-23-5-3-4-20(16-23)25-17-34(28-26(25)27(30)31-19-32-28)22-8-6-21(7-9-22)33-12-14-35-15-13-33/h3-5,16-17,19,21-22,24H,6-15,18H2,1-2H3,(H2,30,31,32)/t21-,22-,24?. The highest BCUT2D eigenvalue weighted by Crippen LogP contribution is 2.39. The Morgan fingerprint density at radius 1 is 1.05 bits per heavy atom. The average Bonchev–Trinajstić information content (AvgIpc) is 3.49. The molecule has 0 amide bonds. The third-order valence-corrected chi connectivity index (χ3v) is 8.40. The van der Waals surface area contributed by atoms with Crippen molar-refractivity contribution in [1.82, 2.24) is 19.4 Å². The Labute approximate surface area is 219 Å². The molecule has 2 saturated heterocycles. The molecule has 1 aromatic carbocycles. The molecule has 3 fully saturated rings. The lowest BCUT2D eigenvalue weighted by atomic mass is 9.90. The molecule has 8 heteroatoms. The second-order valence-corrected chi connectivity index (χ2v) is 11.4. The molecule has 3 aliphatic rings. The van der Waals surface area contributed by atoms with Crippen LogP contribution in [0.4, 0.5) is 5.82 Å². The molecule has 0 spiro atoms. The minimum atomic E-state index is -0.0590. The second-order valence-electron chi connectivity index (χ2n) is 11.4. The fourth-order valence-corrected chi connectivity index (χ4v) is 6.39. The van der Waals surface area contributed by atoms with E-state index in [1.54, 1.807) is 6.33 Å². The zero-order valence-electron chi connectivity index (χ0n) is 22.1. The summed E-state index contributed by atoms with van der Waals surface area (Å²) in [6, 6.07) is 9.33. The number of fused-ring (bicyclic) bond motifs is 1. The van der Waals surface area contributed by atoms with E-state index < -0.39 is 0 Å². The van der Waals surface area contributed by atoms with Crippen LogP contribution in [0.25, 0.3) is 22.2 Å². The van der Waals surface area contributed by atoms with Crippen LogP contribution >= 0.6 is 0 Å². The number of benzene rings is 1. The molecule has 198 valence electrons. The van der Waals surface area contributed by atoms with Gasteiger partial charge in [-0.2, -0.15) is 0 Å². The Morgan fingerprint density at radius 3 is 2.59 bits per heavy atom. The van der Waals surface area contributed by atoms with Crippen molar-refractivity contribution < 1.29 is 14.2 Å². The van der Waals surface area contributed by atoms with Gasteiger partial charge in [-0.15, -0.1) is 0 Å². The van der Waals surface area contributed by atoms with Crippen LogP contribution in [0.1, 0.15) is 58.4 Å². The van der Waals surface area contributed by atoms with Gasteiger partial charge < -0.3 is 24.5 Å². The van der Waals surface area contributed by atoms with E-state index in [4.69, 9.17) is 24.9 Å². The quantitative estimate of drug-likeness (QED) is 0.513. The number of nitrogen functional groups attached to an aromatic ring is 1. The Balaban J connectivity index is 1.22. The Morgan fingerprint density at radius 2 is 1.84 bits per heavy atom. The molecule has 37 heavy (non-hydrogen) atoms. The van der Waals surface area contributed by atoms with Crippen molar-refractivity contribution >= 4 is 16.9 Å². The Bertz CT molecular complexity index is 1230. The number of nitrogens with two attached hydrogens (primary N) is 1. The monoisotopic (exact) mass is 505 g/mol. The molecule has 1 unspecified atom stereocenters. The van der Waals surface area contributed by atoms with Crippen LogP contribution < -0.4 is 10.5 Å². The number of rotatable bonds is 6. The molecule has 1 saturated carbocycles. The minimum Gasteiger partial charge on any atom is -0.491 e. The van der Waals surface area contributed by atoms with Crippen LogP contribution in [-0.2, 0) is 9.47 Å². The van der Waals surface area contributed by atoms with Gasteiger partial charge in [-0.3, -0.25) is 4.90 Å². The first kappa shape index (κ1) is 24.6. The largest absolute Gasteiger partial charge is 0.491 e. The Hall–Kier alpha value is -2.68. The van der Waals surface area contributed by atoms with E-state index in [9.17, 15) is 0 Å². The Kier molecular flexibility index (Phi) is 6.82. The molecule has 2 aromatic heterocycles. The second kappa shape index (κ2) is 10.2. The zero-order chi connectivity index (χ0) is 25.4. The maximum absolute atomic E-state index is 6.43. The summed E-state index contributed by atoms with van der Waals surface area (Å²) in [6.07, 6.45) is 10.7.